The van der Waals surface area contributed by atoms with E-state index in [0.29, 0.717) is 13.1 Å². The van der Waals surface area contributed by atoms with E-state index in [1.54, 1.807) is 4.57 Å². The molecule has 1 saturated heterocycles. The molecule has 2 rings (SSSR count). The molecule has 1 aromatic rings. The van der Waals surface area contributed by atoms with Crippen LogP contribution < -0.4 is 5.32 Å². The predicted molar refractivity (Wildman–Crippen MR) is 74.8 cm³/mol. The molecule has 0 aliphatic carbocycles. The highest BCUT2D eigenvalue weighted by Gasteiger charge is 2.29. The van der Waals surface area contributed by atoms with Gasteiger partial charge < -0.3 is 15.0 Å². The number of hydrogen-bond acceptors (Lipinski definition) is 5. The summed E-state index contributed by atoms with van der Waals surface area (Å²) in [6.07, 6.45) is 5.06. The number of hydrogen-bond donors (Lipinski definition) is 2. The Morgan fingerprint density at radius 1 is 1.60 bits per heavy atom. The molecule has 0 spiro atoms. The van der Waals surface area contributed by atoms with E-state index < -0.39 is 10.0 Å². The fourth-order valence-electron chi connectivity index (χ4n) is 2.36. The van der Waals surface area contributed by atoms with E-state index in [1.807, 2.05) is 6.92 Å². The molecule has 8 heteroatoms. The summed E-state index contributed by atoms with van der Waals surface area (Å²) in [6.45, 7) is 3.79. The molecule has 0 amide bonds. The highest BCUT2D eigenvalue weighted by Crippen LogP contribution is 2.16. The lowest BCUT2D eigenvalue weighted by atomic mass is 10.2. The van der Waals surface area contributed by atoms with Gasteiger partial charge in [0.2, 0.25) is 0 Å². The van der Waals surface area contributed by atoms with E-state index in [4.69, 9.17) is 5.11 Å². The highest BCUT2D eigenvalue weighted by molar-refractivity contribution is 7.89. The first-order valence-corrected chi connectivity index (χ1v) is 8.38. The monoisotopic (exact) mass is 302 g/mol. The lowest BCUT2D eigenvalue weighted by molar-refractivity contribution is 0.246. The van der Waals surface area contributed by atoms with E-state index in [-0.39, 0.29) is 24.2 Å². The summed E-state index contributed by atoms with van der Waals surface area (Å²) >= 11 is 0. The topological polar surface area (TPSA) is 87.5 Å². The van der Waals surface area contributed by atoms with Crippen molar-refractivity contribution in [3.05, 3.63) is 12.5 Å². The number of rotatable bonds is 7. The van der Waals surface area contributed by atoms with Crippen LogP contribution in [0.15, 0.2) is 17.6 Å². The van der Waals surface area contributed by atoms with Gasteiger partial charge in [-0.15, -0.1) is 0 Å². The van der Waals surface area contributed by atoms with Crippen molar-refractivity contribution < 1.29 is 13.5 Å². The molecule has 1 atom stereocenters. The van der Waals surface area contributed by atoms with Gasteiger partial charge in [0.1, 0.15) is 0 Å². The van der Waals surface area contributed by atoms with Crippen molar-refractivity contribution in [3.63, 3.8) is 0 Å². The van der Waals surface area contributed by atoms with Gasteiger partial charge in [-0.1, -0.05) is 0 Å². The Hall–Kier alpha value is -0.960. The number of nitrogens with one attached hydrogen (secondary N) is 1. The molecule has 20 heavy (non-hydrogen) atoms. The van der Waals surface area contributed by atoms with Gasteiger partial charge >= 0.3 is 0 Å². The summed E-state index contributed by atoms with van der Waals surface area (Å²) in [4.78, 5) is 3.97. The van der Waals surface area contributed by atoms with Gasteiger partial charge in [0, 0.05) is 31.9 Å². The molecule has 0 aromatic carbocycles. The molecule has 0 saturated carbocycles. The van der Waals surface area contributed by atoms with Crippen LogP contribution in [0.25, 0.3) is 0 Å². The molecular weight excluding hydrogens is 280 g/mol. The van der Waals surface area contributed by atoms with E-state index in [0.717, 1.165) is 19.4 Å². The highest BCUT2D eigenvalue weighted by atomic mass is 32.2. The molecule has 2 heterocycles. The third-order valence-electron chi connectivity index (χ3n) is 3.51. The second-order valence-corrected chi connectivity index (χ2v) is 6.81. The Kier molecular flexibility index (Phi) is 5.14. The number of aromatic nitrogens is 2. The Balaban J connectivity index is 2.16. The Labute approximate surface area is 119 Å². The van der Waals surface area contributed by atoms with Crippen LogP contribution >= 0.6 is 0 Å². The fraction of sp³-hybridized carbons (Fsp3) is 0.750. The zero-order valence-corrected chi connectivity index (χ0v) is 12.5. The number of nitrogens with zero attached hydrogens (tertiary/aromatic N) is 3. The summed E-state index contributed by atoms with van der Waals surface area (Å²) in [6, 6.07) is 0.157. The van der Waals surface area contributed by atoms with Crippen LogP contribution in [0.3, 0.4) is 0 Å². The molecule has 1 aliphatic heterocycles. The minimum absolute atomic E-state index is 0.0470. The minimum Gasteiger partial charge on any atom is -0.395 e. The number of aliphatic hydroxyl groups is 1. The zero-order valence-electron chi connectivity index (χ0n) is 11.7. The van der Waals surface area contributed by atoms with Gasteiger partial charge in [-0.2, -0.15) is 4.31 Å². The third kappa shape index (κ3) is 3.38. The van der Waals surface area contributed by atoms with Gasteiger partial charge in [-0.05, 0) is 26.3 Å². The lowest BCUT2D eigenvalue weighted by Gasteiger charge is -2.23. The largest absolute Gasteiger partial charge is 0.395 e. The van der Waals surface area contributed by atoms with Crippen LogP contribution in [0.1, 0.15) is 19.8 Å². The molecule has 1 aromatic heterocycles. The molecule has 2 N–H and O–H groups in total. The number of sulfonamides is 1. The molecule has 0 bridgehead atoms. The second-order valence-electron chi connectivity index (χ2n) is 4.92. The Morgan fingerprint density at radius 2 is 2.40 bits per heavy atom. The summed E-state index contributed by atoms with van der Waals surface area (Å²) in [5.74, 6) is 0. The van der Waals surface area contributed by atoms with Crippen molar-refractivity contribution in [1.29, 1.82) is 0 Å². The number of imidazole rings is 1. The van der Waals surface area contributed by atoms with E-state index >= 15 is 0 Å². The SMILES string of the molecule is CCn1cnc(S(=O)(=O)N(CCO)CC2CCCN2)c1. The Morgan fingerprint density at radius 3 is 2.95 bits per heavy atom. The van der Waals surface area contributed by atoms with Gasteiger partial charge in [0.05, 0.1) is 12.9 Å². The van der Waals surface area contributed by atoms with E-state index in [9.17, 15) is 8.42 Å². The van der Waals surface area contributed by atoms with Crippen LogP contribution in [-0.2, 0) is 16.6 Å². The van der Waals surface area contributed by atoms with Crippen LogP contribution in [0, 0.1) is 0 Å². The lowest BCUT2D eigenvalue weighted by Crippen LogP contribution is -2.42. The number of aliphatic hydroxyl groups excluding tert-OH is 1. The normalized spacial score (nSPS) is 19.9. The standard InChI is InChI=1S/C12H22N4O3S/c1-2-15-9-12(14-10-15)20(18,19)16(6-7-17)8-11-4-3-5-13-11/h9-11,13,17H,2-8H2,1H3. The first-order chi connectivity index (χ1) is 9.57. The van der Waals surface area contributed by atoms with Crippen LogP contribution in [-0.4, -0.2) is 59.7 Å². The van der Waals surface area contributed by atoms with Crippen molar-refractivity contribution in [2.75, 3.05) is 26.2 Å². The molecular formula is C12H22N4O3S. The predicted octanol–water partition coefficient (Wildman–Crippen LogP) is -0.362. The van der Waals surface area contributed by atoms with E-state index in [1.165, 1.54) is 16.8 Å². The van der Waals surface area contributed by atoms with Gasteiger partial charge in [0.25, 0.3) is 10.0 Å². The molecule has 0 radical (unpaired) electrons. The van der Waals surface area contributed by atoms with Gasteiger partial charge in [-0.25, -0.2) is 13.4 Å². The molecule has 1 fully saturated rings. The second kappa shape index (κ2) is 6.66. The van der Waals surface area contributed by atoms with Crippen molar-refractivity contribution in [2.24, 2.45) is 0 Å². The maximum atomic E-state index is 12.6. The third-order valence-corrected chi connectivity index (χ3v) is 5.27. The fourth-order valence-corrected chi connectivity index (χ4v) is 3.77. The minimum atomic E-state index is -3.64. The molecule has 114 valence electrons. The smallest absolute Gasteiger partial charge is 0.262 e. The summed E-state index contributed by atoms with van der Waals surface area (Å²) in [5.41, 5.74) is 0. The van der Waals surface area contributed by atoms with Crippen LogP contribution in [0.4, 0.5) is 0 Å². The van der Waals surface area contributed by atoms with Crippen LogP contribution in [0.5, 0.6) is 0 Å². The van der Waals surface area contributed by atoms with Gasteiger partial charge in [0.15, 0.2) is 5.03 Å². The summed E-state index contributed by atoms with van der Waals surface area (Å²) in [5, 5.41) is 12.4. The average molecular weight is 302 g/mol. The zero-order chi connectivity index (χ0) is 14.6. The average Bonchev–Trinajstić information content (AvgIpc) is 3.09. The van der Waals surface area contributed by atoms with Crippen LogP contribution in [0.2, 0.25) is 0 Å². The Bertz CT molecular complexity index is 523. The van der Waals surface area contributed by atoms with Crippen molar-refractivity contribution in [1.82, 2.24) is 19.2 Å². The first-order valence-electron chi connectivity index (χ1n) is 6.94. The summed E-state index contributed by atoms with van der Waals surface area (Å²) < 4.78 is 28.1. The molecule has 1 unspecified atom stereocenters. The van der Waals surface area contributed by atoms with Crippen molar-refractivity contribution in [2.45, 2.75) is 37.4 Å². The maximum Gasteiger partial charge on any atom is 0.262 e. The van der Waals surface area contributed by atoms with Gasteiger partial charge in [-0.3, -0.25) is 0 Å². The quantitative estimate of drug-likeness (QED) is 0.718. The molecule has 1 aliphatic rings. The first kappa shape index (κ1) is 15.4. The van der Waals surface area contributed by atoms with E-state index in [2.05, 4.69) is 10.3 Å². The van der Waals surface area contributed by atoms with Crippen molar-refractivity contribution in [3.8, 4) is 0 Å². The number of aryl methyl sites for hydroxylation is 1. The molecule has 7 nitrogen and oxygen atoms in total. The summed E-state index contributed by atoms with van der Waals surface area (Å²) in [7, 11) is -3.64. The van der Waals surface area contributed by atoms with Crippen molar-refractivity contribution >= 4 is 10.0 Å². The maximum absolute atomic E-state index is 12.6.